The van der Waals surface area contributed by atoms with Gasteiger partial charge >= 0.3 is 0 Å². The summed E-state index contributed by atoms with van der Waals surface area (Å²) in [6, 6.07) is 10.3. The molecule has 2 amide bonds. The van der Waals surface area contributed by atoms with E-state index in [1.54, 1.807) is 0 Å². The summed E-state index contributed by atoms with van der Waals surface area (Å²) in [5.41, 5.74) is 1.28. The fraction of sp³-hybridized carbons (Fsp3) is 0.579. The van der Waals surface area contributed by atoms with Crippen LogP contribution in [-0.4, -0.2) is 47.8 Å². The van der Waals surface area contributed by atoms with Gasteiger partial charge in [0.1, 0.15) is 0 Å². The Morgan fingerprint density at radius 1 is 1.04 bits per heavy atom. The highest BCUT2D eigenvalue weighted by Gasteiger charge is 2.25. The Balaban J connectivity index is 1.70. The first-order chi connectivity index (χ1) is 11.1. The molecule has 1 saturated heterocycles. The van der Waals surface area contributed by atoms with Gasteiger partial charge in [-0.15, -0.1) is 0 Å². The maximum absolute atomic E-state index is 12.3. The Labute approximate surface area is 139 Å². The van der Waals surface area contributed by atoms with E-state index < -0.39 is 0 Å². The summed E-state index contributed by atoms with van der Waals surface area (Å²) >= 11 is 0. The van der Waals surface area contributed by atoms with E-state index >= 15 is 0 Å². The first-order valence-electron chi connectivity index (χ1n) is 8.72. The number of piperazine rings is 1. The van der Waals surface area contributed by atoms with Gasteiger partial charge in [0, 0.05) is 38.5 Å². The third-order valence-corrected chi connectivity index (χ3v) is 4.68. The highest BCUT2D eigenvalue weighted by Crippen LogP contribution is 2.12. The lowest BCUT2D eigenvalue weighted by molar-refractivity contribution is -0.141. The molecule has 0 bridgehead atoms. The summed E-state index contributed by atoms with van der Waals surface area (Å²) in [7, 11) is 0. The number of hydrogen-bond donors (Lipinski definition) is 0. The van der Waals surface area contributed by atoms with Crippen molar-refractivity contribution in [3.8, 4) is 0 Å². The summed E-state index contributed by atoms with van der Waals surface area (Å²) in [5, 5.41) is 0. The van der Waals surface area contributed by atoms with Gasteiger partial charge in [0.2, 0.25) is 11.8 Å². The van der Waals surface area contributed by atoms with E-state index in [4.69, 9.17) is 0 Å². The number of rotatable bonds is 6. The lowest BCUT2D eigenvalue weighted by atomic mass is 10.1. The molecule has 0 aliphatic carbocycles. The molecule has 1 aliphatic rings. The number of nitrogens with zero attached hydrogens (tertiary/aromatic N) is 2. The zero-order valence-corrected chi connectivity index (χ0v) is 14.3. The van der Waals surface area contributed by atoms with Crippen molar-refractivity contribution in [2.75, 3.05) is 26.2 Å². The van der Waals surface area contributed by atoms with Crippen LogP contribution in [0.4, 0.5) is 0 Å². The maximum Gasteiger partial charge on any atom is 0.225 e. The highest BCUT2D eigenvalue weighted by molar-refractivity contribution is 5.79. The minimum atomic E-state index is 0.0862. The second-order valence-electron chi connectivity index (χ2n) is 6.35. The Morgan fingerprint density at radius 3 is 2.26 bits per heavy atom. The number of hydrogen-bond acceptors (Lipinski definition) is 2. The smallest absolute Gasteiger partial charge is 0.225 e. The Hall–Kier alpha value is -1.84. The van der Waals surface area contributed by atoms with E-state index in [0.29, 0.717) is 32.6 Å². The Kier molecular flexibility index (Phi) is 6.63. The zero-order chi connectivity index (χ0) is 16.7. The van der Waals surface area contributed by atoms with Gasteiger partial charge in [-0.1, -0.05) is 44.2 Å². The molecule has 4 nitrogen and oxygen atoms in total. The van der Waals surface area contributed by atoms with E-state index in [9.17, 15) is 9.59 Å². The fourth-order valence-corrected chi connectivity index (χ4v) is 2.91. The predicted molar refractivity (Wildman–Crippen MR) is 92.0 cm³/mol. The van der Waals surface area contributed by atoms with Gasteiger partial charge in [0.25, 0.3) is 0 Å². The SMILES string of the molecule is CC[C@H](C)C(=O)N1CCN(C(=O)CCCc2ccccc2)CC1. The number of amides is 2. The lowest BCUT2D eigenvalue weighted by Crippen LogP contribution is -2.51. The molecule has 126 valence electrons. The van der Waals surface area contributed by atoms with Crippen LogP contribution in [0.3, 0.4) is 0 Å². The van der Waals surface area contributed by atoms with Crippen molar-refractivity contribution < 1.29 is 9.59 Å². The normalized spacial score (nSPS) is 16.3. The summed E-state index contributed by atoms with van der Waals surface area (Å²) < 4.78 is 0. The van der Waals surface area contributed by atoms with Crippen molar-refractivity contribution in [1.29, 1.82) is 0 Å². The number of carbonyl (C=O) groups is 2. The van der Waals surface area contributed by atoms with Crippen LogP contribution >= 0.6 is 0 Å². The van der Waals surface area contributed by atoms with Crippen molar-refractivity contribution in [1.82, 2.24) is 9.80 Å². The molecule has 1 aromatic carbocycles. The van der Waals surface area contributed by atoms with Gasteiger partial charge in [-0.05, 0) is 24.8 Å². The molecule has 23 heavy (non-hydrogen) atoms. The minimum absolute atomic E-state index is 0.0862. The Bertz CT molecular complexity index is 507. The molecule has 1 aliphatic heterocycles. The van der Waals surface area contributed by atoms with Crippen LogP contribution in [0.2, 0.25) is 0 Å². The van der Waals surface area contributed by atoms with Crippen molar-refractivity contribution in [3.63, 3.8) is 0 Å². The molecule has 1 aromatic rings. The summed E-state index contributed by atoms with van der Waals surface area (Å²) in [5.74, 6) is 0.531. The maximum atomic E-state index is 12.3. The van der Waals surface area contributed by atoms with E-state index in [1.807, 2.05) is 41.8 Å². The monoisotopic (exact) mass is 316 g/mol. The third kappa shape index (κ3) is 5.08. The van der Waals surface area contributed by atoms with Crippen LogP contribution in [0.5, 0.6) is 0 Å². The van der Waals surface area contributed by atoms with E-state index in [0.717, 1.165) is 19.3 Å². The van der Waals surface area contributed by atoms with E-state index in [1.165, 1.54) is 5.56 Å². The van der Waals surface area contributed by atoms with Crippen LogP contribution in [-0.2, 0) is 16.0 Å². The number of carbonyl (C=O) groups excluding carboxylic acids is 2. The number of benzene rings is 1. The van der Waals surface area contributed by atoms with Gasteiger partial charge in [-0.25, -0.2) is 0 Å². The van der Waals surface area contributed by atoms with Crippen LogP contribution < -0.4 is 0 Å². The molecule has 0 aromatic heterocycles. The Morgan fingerprint density at radius 2 is 1.65 bits per heavy atom. The molecular weight excluding hydrogens is 288 g/mol. The number of aryl methyl sites for hydroxylation is 1. The molecule has 0 unspecified atom stereocenters. The average Bonchev–Trinajstić information content (AvgIpc) is 2.61. The molecule has 0 radical (unpaired) electrons. The van der Waals surface area contributed by atoms with Crippen molar-refractivity contribution >= 4 is 11.8 Å². The first-order valence-corrected chi connectivity index (χ1v) is 8.72. The molecule has 1 heterocycles. The van der Waals surface area contributed by atoms with Crippen LogP contribution in [0.1, 0.15) is 38.7 Å². The first kappa shape index (κ1) is 17.5. The molecule has 4 heteroatoms. The second kappa shape index (κ2) is 8.70. The van der Waals surface area contributed by atoms with Crippen molar-refractivity contribution in [2.24, 2.45) is 5.92 Å². The minimum Gasteiger partial charge on any atom is -0.339 e. The topological polar surface area (TPSA) is 40.6 Å². The summed E-state index contributed by atoms with van der Waals surface area (Å²) in [6.07, 6.45) is 3.29. The van der Waals surface area contributed by atoms with Crippen LogP contribution in [0, 0.1) is 5.92 Å². The lowest BCUT2D eigenvalue weighted by Gasteiger charge is -2.36. The second-order valence-corrected chi connectivity index (χ2v) is 6.35. The average molecular weight is 316 g/mol. The molecule has 1 fully saturated rings. The predicted octanol–water partition coefficient (Wildman–Crippen LogP) is 2.73. The van der Waals surface area contributed by atoms with E-state index in [-0.39, 0.29) is 17.7 Å². The van der Waals surface area contributed by atoms with Crippen LogP contribution in [0.15, 0.2) is 30.3 Å². The van der Waals surface area contributed by atoms with Gasteiger partial charge < -0.3 is 9.80 Å². The summed E-state index contributed by atoms with van der Waals surface area (Å²) in [4.78, 5) is 28.2. The largest absolute Gasteiger partial charge is 0.339 e. The third-order valence-electron chi connectivity index (χ3n) is 4.68. The quantitative estimate of drug-likeness (QED) is 0.809. The van der Waals surface area contributed by atoms with Gasteiger partial charge in [-0.2, -0.15) is 0 Å². The zero-order valence-electron chi connectivity index (χ0n) is 14.3. The highest BCUT2D eigenvalue weighted by atomic mass is 16.2. The molecule has 2 rings (SSSR count). The fourth-order valence-electron chi connectivity index (χ4n) is 2.91. The van der Waals surface area contributed by atoms with E-state index in [2.05, 4.69) is 12.1 Å². The molecule has 0 N–H and O–H groups in total. The summed E-state index contributed by atoms with van der Waals surface area (Å²) in [6.45, 7) is 6.71. The molecule has 1 atom stereocenters. The van der Waals surface area contributed by atoms with Crippen LogP contribution in [0.25, 0.3) is 0 Å². The molecule has 0 saturated carbocycles. The van der Waals surface area contributed by atoms with Gasteiger partial charge in [0.05, 0.1) is 0 Å². The van der Waals surface area contributed by atoms with Gasteiger partial charge in [-0.3, -0.25) is 9.59 Å². The van der Waals surface area contributed by atoms with Crippen molar-refractivity contribution in [2.45, 2.75) is 39.5 Å². The van der Waals surface area contributed by atoms with Crippen molar-refractivity contribution in [3.05, 3.63) is 35.9 Å². The van der Waals surface area contributed by atoms with Gasteiger partial charge in [0.15, 0.2) is 0 Å². The standard InChI is InChI=1S/C19H28N2O2/c1-3-16(2)19(23)21-14-12-20(13-15-21)18(22)11-7-10-17-8-5-4-6-9-17/h4-6,8-9,16H,3,7,10-15H2,1-2H3/t16-/m0/s1. The molecular formula is C19H28N2O2. The molecule has 0 spiro atoms.